The highest BCUT2D eigenvalue weighted by Crippen LogP contribution is 2.26. The molecule has 0 amide bonds. The highest BCUT2D eigenvalue weighted by atomic mass is 32.2. The van der Waals surface area contributed by atoms with E-state index >= 15 is 0 Å². The Bertz CT molecular complexity index is 837. The normalized spacial score (nSPS) is 11.8. The summed E-state index contributed by atoms with van der Waals surface area (Å²) >= 11 is 0. The maximum absolute atomic E-state index is 11.4. The van der Waals surface area contributed by atoms with Gasteiger partial charge in [-0.05, 0) is 17.3 Å². The van der Waals surface area contributed by atoms with Gasteiger partial charge in [-0.15, -0.1) is 10.2 Å². The standard InChI is InChI=1S/C11H11N7O3S/c1-21-9-4-8(2-3-10(9)22(13,19)20)14-6-7(5-12)11-15-17-18-16-11/h2-4,6,14H,1H3,(H2,13,19,20)(H,15,16,17,18). The highest BCUT2D eigenvalue weighted by Gasteiger charge is 2.15. The number of hydrogen-bond donors (Lipinski definition) is 3. The Morgan fingerprint density at radius 3 is 2.86 bits per heavy atom. The molecule has 0 saturated heterocycles. The van der Waals surface area contributed by atoms with Crippen LogP contribution in [0.25, 0.3) is 5.57 Å². The average Bonchev–Trinajstić information content (AvgIpc) is 3.01. The topological polar surface area (TPSA) is 160 Å². The van der Waals surface area contributed by atoms with Gasteiger partial charge in [0.15, 0.2) is 0 Å². The van der Waals surface area contributed by atoms with E-state index in [9.17, 15) is 8.42 Å². The molecule has 0 unspecified atom stereocenters. The number of primary sulfonamides is 1. The van der Waals surface area contributed by atoms with Gasteiger partial charge in [-0.25, -0.2) is 13.6 Å². The highest BCUT2D eigenvalue weighted by molar-refractivity contribution is 7.89. The van der Waals surface area contributed by atoms with Crippen molar-refractivity contribution in [2.75, 3.05) is 12.4 Å². The Labute approximate surface area is 125 Å². The molecule has 0 fully saturated rings. The molecule has 22 heavy (non-hydrogen) atoms. The van der Waals surface area contributed by atoms with Gasteiger partial charge >= 0.3 is 0 Å². The summed E-state index contributed by atoms with van der Waals surface area (Å²) in [5.41, 5.74) is 0.628. The number of sulfonamides is 1. The number of nitrogens with zero attached hydrogens (tertiary/aromatic N) is 4. The lowest BCUT2D eigenvalue weighted by molar-refractivity contribution is 0.403. The van der Waals surface area contributed by atoms with Gasteiger partial charge in [0.1, 0.15) is 22.3 Å². The van der Waals surface area contributed by atoms with Crippen molar-refractivity contribution in [3.05, 3.63) is 30.2 Å². The van der Waals surface area contributed by atoms with Crippen LogP contribution in [0, 0.1) is 11.3 Å². The third-order valence-electron chi connectivity index (χ3n) is 2.56. The maximum atomic E-state index is 11.4. The molecule has 0 radical (unpaired) electrons. The fraction of sp³-hybridized carbons (Fsp3) is 0.0909. The molecule has 0 aliphatic heterocycles. The lowest BCUT2D eigenvalue weighted by Crippen LogP contribution is -2.13. The molecule has 0 spiro atoms. The van der Waals surface area contributed by atoms with Gasteiger partial charge in [-0.1, -0.05) is 0 Å². The van der Waals surface area contributed by atoms with E-state index < -0.39 is 10.0 Å². The van der Waals surface area contributed by atoms with Gasteiger partial charge in [0.25, 0.3) is 0 Å². The molecule has 0 aliphatic rings. The van der Waals surface area contributed by atoms with E-state index in [2.05, 4.69) is 25.9 Å². The van der Waals surface area contributed by atoms with Gasteiger partial charge in [0.2, 0.25) is 15.8 Å². The largest absolute Gasteiger partial charge is 0.495 e. The Morgan fingerprint density at radius 2 is 2.32 bits per heavy atom. The number of benzene rings is 1. The van der Waals surface area contributed by atoms with E-state index in [1.807, 2.05) is 6.07 Å². The smallest absolute Gasteiger partial charge is 0.241 e. The molecular weight excluding hydrogens is 310 g/mol. The van der Waals surface area contributed by atoms with E-state index in [1.54, 1.807) is 0 Å². The summed E-state index contributed by atoms with van der Waals surface area (Å²) in [4.78, 5) is -0.136. The number of nitrogens with two attached hydrogens (primary N) is 1. The van der Waals surface area contributed by atoms with Crippen molar-refractivity contribution in [1.29, 1.82) is 5.26 Å². The SMILES string of the molecule is COc1cc(NC=C(C#N)c2nn[nH]n2)ccc1S(N)(=O)=O. The van der Waals surface area contributed by atoms with Crippen molar-refractivity contribution in [2.24, 2.45) is 5.14 Å². The van der Waals surface area contributed by atoms with Crippen LogP contribution in [0.3, 0.4) is 0 Å². The molecule has 114 valence electrons. The molecule has 2 rings (SSSR count). The maximum Gasteiger partial charge on any atom is 0.241 e. The molecule has 0 bridgehead atoms. The van der Waals surface area contributed by atoms with Crippen LogP contribution in [-0.4, -0.2) is 36.2 Å². The van der Waals surface area contributed by atoms with Crippen molar-refractivity contribution >= 4 is 21.3 Å². The van der Waals surface area contributed by atoms with Crippen molar-refractivity contribution in [2.45, 2.75) is 4.90 Å². The molecule has 1 aromatic heterocycles. The van der Waals surface area contributed by atoms with Crippen LogP contribution in [0.4, 0.5) is 5.69 Å². The van der Waals surface area contributed by atoms with Crippen molar-refractivity contribution < 1.29 is 13.2 Å². The van der Waals surface area contributed by atoms with Crippen LogP contribution in [0.1, 0.15) is 5.82 Å². The first kappa shape index (κ1) is 15.4. The summed E-state index contributed by atoms with van der Waals surface area (Å²) in [7, 11) is -2.56. The summed E-state index contributed by atoms with van der Waals surface area (Å²) in [6.45, 7) is 0. The van der Waals surface area contributed by atoms with Crippen LogP contribution in [-0.2, 0) is 10.0 Å². The second-order valence-electron chi connectivity index (χ2n) is 3.96. The van der Waals surface area contributed by atoms with Gasteiger partial charge < -0.3 is 10.1 Å². The summed E-state index contributed by atoms with van der Waals surface area (Å²) < 4.78 is 27.8. The monoisotopic (exact) mass is 321 g/mol. The molecule has 0 saturated carbocycles. The molecule has 2 aromatic rings. The zero-order valence-corrected chi connectivity index (χ0v) is 12.1. The van der Waals surface area contributed by atoms with Crippen LogP contribution in [0.2, 0.25) is 0 Å². The number of aromatic nitrogens is 4. The van der Waals surface area contributed by atoms with Gasteiger partial charge in [-0.3, -0.25) is 0 Å². The molecule has 0 atom stereocenters. The van der Waals surface area contributed by atoms with Gasteiger partial charge in [-0.2, -0.15) is 10.5 Å². The number of tetrazole rings is 1. The minimum Gasteiger partial charge on any atom is -0.495 e. The first-order valence-electron chi connectivity index (χ1n) is 5.77. The second-order valence-corrected chi connectivity index (χ2v) is 5.49. The number of anilines is 1. The molecule has 4 N–H and O–H groups in total. The fourth-order valence-corrected chi connectivity index (χ4v) is 2.25. The lowest BCUT2D eigenvalue weighted by Gasteiger charge is -2.09. The third-order valence-corrected chi connectivity index (χ3v) is 3.51. The molecule has 10 nitrogen and oxygen atoms in total. The average molecular weight is 321 g/mol. The number of H-pyrrole nitrogens is 1. The zero-order chi connectivity index (χ0) is 16.2. The number of ether oxygens (including phenoxy) is 1. The van der Waals surface area contributed by atoms with E-state index in [1.165, 1.54) is 31.5 Å². The fourth-order valence-electron chi connectivity index (χ4n) is 1.57. The Balaban J connectivity index is 2.30. The molecule has 11 heteroatoms. The predicted molar refractivity (Wildman–Crippen MR) is 75.8 cm³/mol. The summed E-state index contributed by atoms with van der Waals surface area (Å²) in [6, 6.07) is 6.11. The molecular formula is C11H11N7O3S. The lowest BCUT2D eigenvalue weighted by atomic mass is 10.2. The van der Waals surface area contributed by atoms with E-state index in [4.69, 9.17) is 15.1 Å². The van der Waals surface area contributed by atoms with Crippen LogP contribution in [0.15, 0.2) is 29.3 Å². The minimum atomic E-state index is -3.89. The number of aromatic amines is 1. The second kappa shape index (κ2) is 6.20. The number of rotatable bonds is 5. The molecule has 1 aromatic carbocycles. The van der Waals surface area contributed by atoms with Gasteiger partial charge in [0, 0.05) is 18.0 Å². The first-order valence-corrected chi connectivity index (χ1v) is 7.32. The predicted octanol–water partition coefficient (Wildman–Crippen LogP) is -0.168. The Morgan fingerprint density at radius 1 is 1.55 bits per heavy atom. The quantitative estimate of drug-likeness (QED) is 0.640. The first-order chi connectivity index (χ1) is 10.5. The number of nitrogens with one attached hydrogen (secondary N) is 2. The number of hydrogen-bond acceptors (Lipinski definition) is 8. The van der Waals surface area contributed by atoms with Crippen molar-refractivity contribution in [3.8, 4) is 11.8 Å². The van der Waals surface area contributed by atoms with Crippen LogP contribution < -0.4 is 15.2 Å². The van der Waals surface area contributed by atoms with Crippen LogP contribution >= 0.6 is 0 Å². The number of allylic oxidation sites excluding steroid dienone is 1. The Hall–Kier alpha value is -2.97. The minimum absolute atomic E-state index is 0.0824. The van der Waals surface area contributed by atoms with Gasteiger partial charge in [0.05, 0.1) is 7.11 Å². The number of nitriles is 1. The van der Waals surface area contributed by atoms with E-state index in [-0.39, 0.29) is 22.0 Å². The molecule has 1 heterocycles. The summed E-state index contributed by atoms with van der Waals surface area (Å²) in [5, 5.41) is 29.9. The third kappa shape index (κ3) is 3.37. The van der Waals surface area contributed by atoms with E-state index in [0.29, 0.717) is 5.69 Å². The van der Waals surface area contributed by atoms with Crippen molar-refractivity contribution in [3.63, 3.8) is 0 Å². The van der Waals surface area contributed by atoms with E-state index in [0.717, 1.165) is 0 Å². The molecule has 0 aliphatic carbocycles. The van der Waals surface area contributed by atoms with Crippen molar-refractivity contribution in [1.82, 2.24) is 20.6 Å². The Kier molecular flexibility index (Phi) is 4.35. The zero-order valence-electron chi connectivity index (χ0n) is 11.3. The summed E-state index contributed by atoms with van der Waals surface area (Å²) in [5.74, 6) is 0.210. The van der Waals surface area contributed by atoms with Crippen LogP contribution in [0.5, 0.6) is 5.75 Å². The number of methoxy groups -OCH3 is 1. The summed E-state index contributed by atoms with van der Waals surface area (Å²) in [6.07, 6.45) is 1.36.